The van der Waals surface area contributed by atoms with Gasteiger partial charge in [0.25, 0.3) is 0 Å². The van der Waals surface area contributed by atoms with Gasteiger partial charge in [-0.2, -0.15) is 0 Å². The van der Waals surface area contributed by atoms with Gasteiger partial charge in [-0.1, -0.05) is 6.07 Å². The zero-order chi connectivity index (χ0) is 14.4. The Morgan fingerprint density at radius 3 is 3.00 bits per heavy atom. The van der Waals surface area contributed by atoms with E-state index in [2.05, 4.69) is 15.5 Å². The highest BCUT2D eigenvalue weighted by atomic mass is 35.5. The van der Waals surface area contributed by atoms with Gasteiger partial charge in [0.15, 0.2) is 0 Å². The average Bonchev–Trinajstić information content (AvgIpc) is 2.84. The van der Waals surface area contributed by atoms with Gasteiger partial charge in [0.1, 0.15) is 5.82 Å². The Morgan fingerprint density at radius 2 is 2.29 bits per heavy atom. The number of carbonyl (C=O) groups excluding carboxylic acids is 1. The molecular weight excluding hydrogens is 293 g/mol. The van der Waals surface area contributed by atoms with Crippen LogP contribution in [0.15, 0.2) is 24.3 Å². The van der Waals surface area contributed by atoms with Gasteiger partial charge in [-0.25, -0.2) is 4.39 Å². The van der Waals surface area contributed by atoms with Gasteiger partial charge in [-0.3, -0.25) is 9.69 Å². The summed E-state index contributed by atoms with van der Waals surface area (Å²) in [4.78, 5) is 14.2. The molecule has 21 heavy (non-hydrogen) atoms. The Hall–Kier alpha value is -1.17. The highest BCUT2D eigenvalue weighted by molar-refractivity contribution is 5.90. The molecule has 0 saturated carbocycles. The van der Waals surface area contributed by atoms with Crippen LogP contribution in [-0.4, -0.2) is 43.5 Å². The van der Waals surface area contributed by atoms with Crippen molar-refractivity contribution < 1.29 is 9.18 Å². The fraction of sp³-hybridized carbons (Fsp3) is 0.533. The minimum absolute atomic E-state index is 0. The van der Waals surface area contributed by atoms with Crippen molar-refractivity contribution in [1.82, 2.24) is 10.2 Å². The molecule has 4 nitrogen and oxygen atoms in total. The number of rotatable bonds is 6. The Kier molecular flexibility index (Phi) is 7.64. The minimum atomic E-state index is -0.337. The molecular formula is C15H23ClFN3O. The highest BCUT2D eigenvalue weighted by Gasteiger charge is 2.23. The average molecular weight is 316 g/mol. The third-order valence-corrected chi connectivity index (χ3v) is 3.67. The topological polar surface area (TPSA) is 44.4 Å². The summed E-state index contributed by atoms with van der Waals surface area (Å²) in [5, 5.41) is 5.92. The summed E-state index contributed by atoms with van der Waals surface area (Å²) in [5.74, 6) is -0.401. The number of likely N-dealkylation sites (N-methyl/N-ethyl adjacent to an activating group) is 1. The van der Waals surface area contributed by atoms with E-state index in [1.54, 1.807) is 12.1 Å². The van der Waals surface area contributed by atoms with Crippen LogP contribution >= 0.6 is 12.4 Å². The van der Waals surface area contributed by atoms with E-state index in [0.717, 1.165) is 19.6 Å². The molecule has 1 aliphatic rings. The molecule has 1 unspecified atom stereocenters. The molecule has 1 heterocycles. The molecule has 0 aromatic heterocycles. The molecule has 0 radical (unpaired) electrons. The lowest BCUT2D eigenvalue weighted by Gasteiger charge is -2.23. The standard InChI is InChI=1S/C15H22FN3O.ClH/c1-17-11-14-6-3-8-19(14)9-7-15(20)18-13-5-2-4-12(16)10-13;/h2,4-5,10,14,17H,3,6-9,11H2,1H3,(H,18,20);1H. The van der Waals surface area contributed by atoms with Gasteiger partial charge in [0, 0.05) is 31.2 Å². The monoisotopic (exact) mass is 315 g/mol. The lowest BCUT2D eigenvalue weighted by molar-refractivity contribution is -0.116. The van der Waals surface area contributed by atoms with Gasteiger partial charge in [-0.15, -0.1) is 12.4 Å². The van der Waals surface area contributed by atoms with Gasteiger partial charge in [0.05, 0.1) is 0 Å². The number of nitrogens with zero attached hydrogens (tertiary/aromatic N) is 1. The molecule has 1 aromatic rings. The van der Waals surface area contributed by atoms with E-state index in [1.807, 2.05) is 7.05 Å². The quantitative estimate of drug-likeness (QED) is 0.846. The minimum Gasteiger partial charge on any atom is -0.326 e. The first-order valence-electron chi connectivity index (χ1n) is 7.13. The first kappa shape index (κ1) is 17.9. The third kappa shape index (κ3) is 5.61. The van der Waals surface area contributed by atoms with Crippen LogP contribution in [0.4, 0.5) is 10.1 Å². The fourth-order valence-corrected chi connectivity index (χ4v) is 2.69. The predicted molar refractivity (Wildman–Crippen MR) is 85.4 cm³/mol. The van der Waals surface area contributed by atoms with Crippen LogP contribution in [-0.2, 0) is 4.79 Å². The van der Waals surface area contributed by atoms with Gasteiger partial charge < -0.3 is 10.6 Å². The van der Waals surface area contributed by atoms with Crippen molar-refractivity contribution in [2.45, 2.75) is 25.3 Å². The number of halogens is 2. The summed E-state index contributed by atoms with van der Waals surface area (Å²) in [6.07, 6.45) is 2.82. The largest absolute Gasteiger partial charge is 0.326 e. The van der Waals surface area contributed by atoms with Crippen LogP contribution < -0.4 is 10.6 Å². The van der Waals surface area contributed by atoms with Crippen molar-refractivity contribution in [2.75, 3.05) is 32.0 Å². The third-order valence-electron chi connectivity index (χ3n) is 3.67. The molecule has 0 aliphatic carbocycles. The summed E-state index contributed by atoms with van der Waals surface area (Å²) in [6.45, 7) is 2.78. The van der Waals surface area contributed by atoms with Crippen molar-refractivity contribution in [3.05, 3.63) is 30.1 Å². The van der Waals surface area contributed by atoms with Crippen molar-refractivity contribution >= 4 is 24.0 Å². The van der Waals surface area contributed by atoms with Crippen molar-refractivity contribution in [2.24, 2.45) is 0 Å². The van der Waals surface area contributed by atoms with Crippen LogP contribution in [0.5, 0.6) is 0 Å². The number of benzene rings is 1. The summed E-state index contributed by atoms with van der Waals surface area (Å²) in [6, 6.07) is 6.51. The number of hydrogen-bond donors (Lipinski definition) is 2. The predicted octanol–water partition coefficient (Wildman–Crippen LogP) is 2.26. The van der Waals surface area contributed by atoms with E-state index in [9.17, 15) is 9.18 Å². The van der Waals surface area contributed by atoms with Crippen molar-refractivity contribution in [3.63, 3.8) is 0 Å². The highest BCUT2D eigenvalue weighted by Crippen LogP contribution is 2.17. The van der Waals surface area contributed by atoms with E-state index in [1.165, 1.54) is 25.0 Å². The fourth-order valence-electron chi connectivity index (χ4n) is 2.69. The Morgan fingerprint density at radius 1 is 1.48 bits per heavy atom. The Bertz CT molecular complexity index is 458. The maximum Gasteiger partial charge on any atom is 0.225 e. The zero-order valence-corrected chi connectivity index (χ0v) is 13.1. The van der Waals surface area contributed by atoms with E-state index >= 15 is 0 Å². The molecule has 1 aliphatic heterocycles. The lowest BCUT2D eigenvalue weighted by atomic mass is 10.2. The molecule has 1 fully saturated rings. The first-order valence-corrected chi connectivity index (χ1v) is 7.13. The van der Waals surface area contributed by atoms with Crippen LogP contribution in [0.1, 0.15) is 19.3 Å². The summed E-state index contributed by atoms with van der Waals surface area (Å²) >= 11 is 0. The van der Waals surface area contributed by atoms with E-state index < -0.39 is 0 Å². The summed E-state index contributed by atoms with van der Waals surface area (Å²) in [5.41, 5.74) is 0.517. The molecule has 2 rings (SSSR count). The SMILES string of the molecule is CNCC1CCCN1CCC(=O)Nc1cccc(F)c1.Cl. The van der Waals surface area contributed by atoms with Gasteiger partial charge in [0.2, 0.25) is 5.91 Å². The number of carbonyl (C=O) groups is 1. The van der Waals surface area contributed by atoms with E-state index in [-0.39, 0.29) is 24.1 Å². The van der Waals surface area contributed by atoms with Crippen LogP contribution in [0.2, 0.25) is 0 Å². The number of anilines is 1. The van der Waals surface area contributed by atoms with Gasteiger partial charge >= 0.3 is 0 Å². The number of likely N-dealkylation sites (tertiary alicyclic amines) is 1. The molecule has 1 saturated heterocycles. The van der Waals surface area contributed by atoms with Crippen LogP contribution in [0.25, 0.3) is 0 Å². The van der Waals surface area contributed by atoms with E-state index in [0.29, 0.717) is 18.2 Å². The second-order valence-corrected chi connectivity index (χ2v) is 5.20. The normalized spacial score (nSPS) is 18.3. The zero-order valence-electron chi connectivity index (χ0n) is 12.3. The number of amides is 1. The number of hydrogen-bond acceptors (Lipinski definition) is 3. The summed E-state index contributed by atoms with van der Waals surface area (Å²) < 4.78 is 13.0. The smallest absolute Gasteiger partial charge is 0.225 e. The molecule has 2 N–H and O–H groups in total. The van der Waals surface area contributed by atoms with Crippen LogP contribution in [0.3, 0.4) is 0 Å². The van der Waals surface area contributed by atoms with Crippen molar-refractivity contribution in [3.8, 4) is 0 Å². The maximum absolute atomic E-state index is 13.0. The second kappa shape index (κ2) is 8.97. The van der Waals surface area contributed by atoms with E-state index in [4.69, 9.17) is 0 Å². The maximum atomic E-state index is 13.0. The molecule has 1 amide bonds. The Labute approximate surface area is 131 Å². The molecule has 6 heteroatoms. The van der Waals surface area contributed by atoms with Crippen LogP contribution in [0, 0.1) is 5.82 Å². The number of nitrogens with one attached hydrogen (secondary N) is 2. The first-order chi connectivity index (χ1) is 9.69. The molecule has 0 bridgehead atoms. The second-order valence-electron chi connectivity index (χ2n) is 5.20. The molecule has 1 aromatic carbocycles. The lowest BCUT2D eigenvalue weighted by Crippen LogP contribution is -2.38. The summed E-state index contributed by atoms with van der Waals surface area (Å²) in [7, 11) is 1.95. The molecule has 1 atom stereocenters. The molecule has 0 spiro atoms. The Balaban J connectivity index is 0.00000220. The van der Waals surface area contributed by atoms with Gasteiger partial charge in [-0.05, 0) is 44.6 Å². The van der Waals surface area contributed by atoms with Crippen molar-refractivity contribution in [1.29, 1.82) is 0 Å². The molecule has 118 valence electrons.